The van der Waals surface area contributed by atoms with Gasteiger partial charge in [0, 0.05) is 63.6 Å². The van der Waals surface area contributed by atoms with Gasteiger partial charge >= 0.3 is 0 Å². The molecule has 128 valence electrons. The fraction of sp³-hybridized carbons (Fsp3) is 0.444. The Morgan fingerprint density at radius 2 is 1.83 bits per heavy atom. The zero-order valence-corrected chi connectivity index (χ0v) is 13.8. The van der Waals surface area contributed by atoms with Crippen LogP contribution in [0.3, 0.4) is 0 Å². The molecule has 1 fully saturated rings. The molecule has 6 nitrogen and oxygen atoms in total. The number of imidazole rings is 1. The first kappa shape index (κ1) is 16.7. The number of carbonyl (C=O) groups is 1. The fourth-order valence-electron chi connectivity index (χ4n) is 3.07. The van der Waals surface area contributed by atoms with E-state index in [-0.39, 0.29) is 12.5 Å². The molecule has 1 aromatic heterocycles. The molecular formula is C18H24N4O2. The predicted molar refractivity (Wildman–Crippen MR) is 92.4 cm³/mol. The molecule has 24 heavy (non-hydrogen) atoms. The summed E-state index contributed by atoms with van der Waals surface area (Å²) in [6.07, 6.45) is 4.19. The lowest BCUT2D eigenvalue weighted by Crippen LogP contribution is -2.49. The summed E-state index contributed by atoms with van der Waals surface area (Å²) in [5, 5.41) is 8.97. The molecule has 0 spiro atoms. The van der Waals surface area contributed by atoms with E-state index in [2.05, 4.69) is 9.88 Å². The minimum Gasteiger partial charge on any atom is -0.395 e. The second-order valence-corrected chi connectivity index (χ2v) is 6.01. The lowest BCUT2D eigenvalue weighted by Gasteiger charge is -2.34. The number of benzene rings is 1. The summed E-state index contributed by atoms with van der Waals surface area (Å²) in [4.78, 5) is 21.0. The Bertz CT molecular complexity index is 648. The molecule has 0 unspecified atom stereocenters. The molecule has 0 bridgehead atoms. The Labute approximate surface area is 142 Å². The molecule has 1 amide bonds. The van der Waals surface area contributed by atoms with Gasteiger partial charge in [-0.3, -0.25) is 9.69 Å². The van der Waals surface area contributed by atoms with E-state index in [1.54, 1.807) is 6.20 Å². The molecule has 1 saturated heterocycles. The zero-order chi connectivity index (χ0) is 16.8. The first-order valence-corrected chi connectivity index (χ1v) is 8.45. The standard InChI is InChI=1S/C18H24N4O2/c23-15-14-20-10-12-21(13-11-20)17(24)6-8-22-9-7-19-18(22)16-4-2-1-3-5-16/h1-5,7,9,23H,6,8,10-15H2. The van der Waals surface area contributed by atoms with E-state index in [4.69, 9.17) is 5.11 Å². The number of carbonyl (C=O) groups excluding carboxylic acids is 1. The highest BCUT2D eigenvalue weighted by Crippen LogP contribution is 2.17. The first-order valence-electron chi connectivity index (χ1n) is 8.45. The molecule has 1 aliphatic heterocycles. The predicted octanol–water partition coefficient (Wildman–Crippen LogP) is 1.08. The van der Waals surface area contributed by atoms with Crippen molar-refractivity contribution in [3.05, 3.63) is 42.7 Å². The summed E-state index contributed by atoms with van der Waals surface area (Å²) in [6.45, 7) is 4.68. The van der Waals surface area contributed by atoms with Crippen LogP contribution in [-0.2, 0) is 11.3 Å². The second kappa shape index (κ2) is 8.08. The van der Waals surface area contributed by atoms with Gasteiger partial charge in [-0.1, -0.05) is 30.3 Å². The number of amides is 1. The highest BCUT2D eigenvalue weighted by Gasteiger charge is 2.20. The number of β-amino-alcohol motifs (C(OH)–C–C–N with tert-alkyl or cyclic N) is 1. The van der Waals surface area contributed by atoms with E-state index in [9.17, 15) is 4.79 Å². The van der Waals surface area contributed by atoms with E-state index >= 15 is 0 Å². The molecule has 2 heterocycles. The Morgan fingerprint density at radius 1 is 1.08 bits per heavy atom. The number of hydrogen-bond donors (Lipinski definition) is 1. The van der Waals surface area contributed by atoms with E-state index < -0.39 is 0 Å². The lowest BCUT2D eigenvalue weighted by molar-refractivity contribution is -0.133. The van der Waals surface area contributed by atoms with Crippen LogP contribution >= 0.6 is 0 Å². The topological polar surface area (TPSA) is 61.6 Å². The number of aliphatic hydroxyl groups excluding tert-OH is 1. The van der Waals surface area contributed by atoms with Crippen molar-refractivity contribution < 1.29 is 9.90 Å². The zero-order valence-electron chi connectivity index (χ0n) is 13.8. The van der Waals surface area contributed by atoms with E-state index in [0.717, 1.165) is 37.6 Å². The smallest absolute Gasteiger partial charge is 0.224 e. The van der Waals surface area contributed by atoms with Gasteiger partial charge < -0.3 is 14.6 Å². The van der Waals surface area contributed by atoms with Crippen LogP contribution in [0.1, 0.15) is 6.42 Å². The van der Waals surface area contributed by atoms with Crippen LogP contribution < -0.4 is 0 Å². The van der Waals surface area contributed by atoms with Crippen LogP contribution in [0.2, 0.25) is 0 Å². The Morgan fingerprint density at radius 3 is 2.54 bits per heavy atom. The maximum absolute atomic E-state index is 12.4. The number of nitrogens with zero attached hydrogens (tertiary/aromatic N) is 4. The van der Waals surface area contributed by atoms with Crippen LogP contribution in [0.5, 0.6) is 0 Å². The summed E-state index contributed by atoms with van der Waals surface area (Å²) in [6, 6.07) is 10.0. The molecule has 0 aliphatic carbocycles. The number of aliphatic hydroxyl groups is 1. The monoisotopic (exact) mass is 328 g/mol. The third-order valence-electron chi connectivity index (χ3n) is 4.46. The summed E-state index contributed by atoms with van der Waals surface area (Å²) < 4.78 is 2.04. The minimum absolute atomic E-state index is 0.177. The molecule has 0 radical (unpaired) electrons. The van der Waals surface area contributed by atoms with Crippen molar-refractivity contribution in [2.75, 3.05) is 39.3 Å². The Hall–Kier alpha value is -2.18. The highest BCUT2D eigenvalue weighted by atomic mass is 16.3. The van der Waals surface area contributed by atoms with Gasteiger partial charge in [0.1, 0.15) is 5.82 Å². The van der Waals surface area contributed by atoms with Gasteiger partial charge in [0.05, 0.1) is 6.61 Å². The van der Waals surface area contributed by atoms with Gasteiger partial charge in [0.2, 0.25) is 5.91 Å². The minimum atomic E-state index is 0.177. The summed E-state index contributed by atoms with van der Waals surface area (Å²) in [5.41, 5.74) is 1.06. The van der Waals surface area contributed by atoms with Gasteiger partial charge in [0.25, 0.3) is 0 Å². The SMILES string of the molecule is O=C(CCn1ccnc1-c1ccccc1)N1CCN(CCO)CC1. The molecule has 1 aliphatic rings. The molecule has 6 heteroatoms. The first-order chi connectivity index (χ1) is 11.8. The Balaban J connectivity index is 1.54. The normalized spacial score (nSPS) is 15.6. The molecule has 0 saturated carbocycles. The lowest BCUT2D eigenvalue weighted by atomic mass is 10.2. The van der Waals surface area contributed by atoms with Crippen LogP contribution in [-0.4, -0.2) is 69.7 Å². The average Bonchev–Trinajstić information content (AvgIpc) is 3.10. The van der Waals surface area contributed by atoms with Crippen molar-refractivity contribution in [2.45, 2.75) is 13.0 Å². The summed E-state index contributed by atoms with van der Waals surface area (Å²) >= 11 is 0. The van der Waals surface area contributed by atoms with Crippen molar-refractivity contribution in [1.82, 2.24) is 19.4 Å². The van der Waals surface area contributed by atoms with Crippen LogP contribution in [0.25, 0.3) is 11.4 Å². The van der Waals surface area contributed by atoms with Crippen molar-refractivity contribution in [2.24, 2.45) is 0 Å². The summed E-state index contributed by atoms with van der Waals surface area (Å²) in [5.74, 6) is 1.09. The number of aromatic nitrogens is 2. The molecule has 1 aromatic carbocycles. The molecule has 1 N–H and O–H groups in total. The third-order valence-corrected chi connectivity index (χ3v) is 4.46. The third kappa shape index (κ3) is 4.01. The maximum atomic E-state index is 12.4. The van der Waals surface area contributed by atoms with E-state index in [0.29, 0.717) is 19.5 Å². The molecule has 3 rings (SSSR count). The number of piperazine rings is 1. The fourth-order valence-corrected chi connectivity index (χ4v) is 3.07. The molecule has 0 atom stereocenters. The molecule has 2 aromatic rings. The number of hydrogen-bond acceptors (Lipinski definition) is 4. The van der Waals surface area contributed by atoms with E-state index in [1.165, 1.54) is 0 Å². The van der Waals surface area contributed by atoms with Gasteiger partial charge in [-0.25, -0.2) is 4.98 Å². The van der Waals surface area contributed by atoms with Crippen LogP contribution in [0.15, 0.2) is 42.7 Å². The average molecular weight is 328 g/mol. The van der Waals surface area contributed by atoms with Crippen molar-refractivity contribution in [3.8, 4) is 11.4 Å². The van der Waals surface area contributed by atoms with Gasteiger partial charge in [-0.2, -0.15) is 0 Å². The van der Waals surface area contributed by atoms with Crippen molar-refractivity contribution in [1.29, 1.82) is 0 Å². The highest BCUT2D eigenvalue weighted by molar-refractivity contribution is 5.76. The largest absolute Gasteiger partial charge is 0.395 e. The quantitative estimate of drug-likeness (QED) is 0.862. The van der Waals surface area contributed by atoms with Crippen molar-refractivity contribution in [3.63, 3.8) is 0 Å². The molecular weight excluding hydrogens is 304 g/mol. The Kier molecular flexibility index (Phi) is 5.61. The van der Waals surface area contributed by atoms with Crippen molar-refractivity contribution >= 4 is 5.91 Å². The maximum Gasteiger partial charge on any atom is 0.224 e. The van der Waals surface area contributed by atoms with Gasteiger partial charge in [0.15, 0.2) is 0 Å². The van der Waals surface area contributed by atoms with E-state index in [1.807, 2.05) is 46.0 Å². The van der Waals surface area contributed by atoms with Gasteiger partial charge in [-0.15, -0.1) is 0 Å². The van der Waals surface area contributed by atoms with Crippen LogP contribution in [0.4, 0.5) is 0 Å². The van der Waals surface area contributed by atoms with Gasteiger partial charge in [-0.05, 0) is 0 Å². The summed E-state index contributed by atoms with van der Waals surface area (Å²) in [7, 11) is 0. The number of aryl methyl sites for hydroxylation is 1. The van der Waals surface area contributed by atoms with Crippen LogP contribution in [0, 0.1) is 0 Å². The number of rotatable bonds is 6. The second-order valence-electron chi connectivity index (χ2n) is 6.01.